The summed E-state index contributed by atoms with van der Waals surface area (Å²) in [4.78, 5) is 16.8. The summed E-state index contributed by atoms with van der Waals surface area (Å²) in [5.74, 6) is -0.0201. The fourth-order valence-electron chi connectivity index (χ4n) is 2.86. The molecule has 5 nitrogen and oxygen atoms in total. The molecule has 25 heavy (non-hydrogen) atoms. The second-order valence-electron chi connectivity index (χ2n) is 6.00. The first kappa shape index (κ1) is 18.7. The molecule has 0 saturated carbocycles. The molecule has 0 unspecified atom stereocenters. The molecule has 1 aromatic carbocycles. The van der Waals surface area contributed by atoms with Crippen molar-refractivity contribution in [1.82, 2.24) is 19.6 Å². The Balaban J connectivity index is 1.58. The summed E-state index contributed by atoms with van der Waals surface area (Å²) in [5, 5.41) is 5.49. The van der Waals surface area contributed by atoms with Gasteiger partial charge in [-0.1, -0.05) is 29.3 Å². The first-order chi connectivity index (χ1) is 12.0. The summed E-state index contributed by atoms with van der Waals surface area (Å²) in [6.45, 7) is 6.54. The third-order valence-electron chi connectivity index (χ3n) is 4.29. The summed E-state index contributed by atoms with van der Waals surface area (Å²) in [6.07, 6.45) is 1.84. The van der Waals surface area contributed by atoms with Crippen molar-refractivity contribution in [1.29, 1.82) is 0 Å². The molecule has 1 saturated heterocycles. The van der Waals surface area contributed by atoms with Crippen molar-refractivity contribution in [2.24, 2.45) is 0 Å². The van der Waals surface area contributed by atoms with E-state index in [1.54, 1.807) is 4.68 Å². The molecule has 1 amide bonds. The highest BCUT2D eigenvalue weighted by molar-refractivity contribution is 9.10. The minimum absolute atomic E-state index is 0.0201. The molecule has 2 aromatic rings. The van der Waals surface area contributed by atoms with Gasteiger partial charge in [0.1, 0.15) is 0 Å². The van der Waals surface area contributed by atoms with Gasteiger partial charge < -0.3 is 4.90 Å². The van der Waals surface area contributed by atoms with E-state index in [4.69, 9.17) is 23.2 Å². The smallest absolute Gasteiger partial charge is 0.275 e. The van der Waals surface area contributed by atoms with Crippen LogP contribution in [0.3, 0.4) is 0 Å². The van der Waals surface area contributed by atoms with E-state index in [9.17, 15) is 4.79 Å². The quantitative estimate of drug-likeness (QED) is 0.715. The predicted molar refractivity (Wildman–Crippen MR) is 103 cm³/mol. The molecule has 0 radical (unpaired) electrons. The zero-order valence-electron chi connectivity index (χ0n) is 13.9. The average Bonchev–Trinajstić information content (AvgIpc) is 2.99. The Kier molecular flexibility index (Phi) is 6.04. The van der Waals surface area contributed by atoms with E-state index in [1.807, 2.05) is 36.2 Å². The summed E-state index contributed by atoms with van der Waals surface area (Å²) in [6, 6.07) is 5.71. The second-order valence-corrected chi connectivity index (χ2v) is 7.67. The van der Waals surface area contributed by atoms with Gasteiger partial charge in [-0.25, -0.2) is 0 Å². The highest BCUT2D eigenvalue weighted by atomic mass is 79.9. The Hall–Kier alpha value is -1.08. The lowest BCUT2D eigenvalue weighted by atomic mass is 10.2. The van der Waals surface area contributed by atoms with Gasteiger partial charge in [0.2, 0.25) is 0 Å². The molecular formula is C17H19BrCl2N4O. The highest BCUT2D eigenvalue weighted by Gasteiger charge is 2.25. The zero-order valence-corrected chi connectivity index (χ0v) is 17.0. The molecule has 0 N–H and O–H groups in total. The normalized spacial score (nSPS) is 15.6. The molecule has 0 spiro atoms. The molecule has 3 rings (SSSR count). The van der Waals surface area contributed by atoms with Crippen molar-refractivity contribution in [2.45, 2.75) is 20.0 Å². The first-order valence-corrected chi connectivity index (χ1v) is 9.71. The monoisotopic (exact) mass is 444 g/mol. The minimum Gasteiger partial charge on any atom is -0.335 e. The van der Waals surface area contributed by atoms with E-state index < -0.39 is 0 Å². The van der Waals surface area contributed by atoms with Crippen LogP contribution >= 0.6 is 39.1 Å². The van der Waals surface area contributed by atoms with Gasteiger partial charge in [0.05, 0.1) is 14.5 Å². The summed E-state index contributed by atoms with van der Waals surface area (Å²) >= 11 is 15.5. The highest BCUT2D eigenvalue weighted by Crippen LogP contribution is 2.24. The van der Waals surface area contributed by atoms with Gasteiger partial charge in [-0.2, -0.15) is 5.10 Å². The van der Waals surface area contributed by atoms with Crippen LogP contribution in [0.25, 0.3) is 0 Å². The van der Waals surface area contributed by atoms with Crippen LogP contribution in [0, 0.1) is 0 Å². The third-order valence-corrected chi connectivity index (χ3v) is 5.61. The number of hydrogen-bond acceptors (Lipinski definition) is 3. The molecule has 134 valence electrons. The number of carbonyl (C=O) groups is 1. The van der Waals surface area contributed by atoms with Gasteiger partial charge in [-0.05, 0) is 40.5 Å². The van der Waals surface area contributed by atoms with E-state index in [1.165, 1.54) is 0 Å². The molecule has 1 fully saturated rings. The zero-order chi connectivity index (χ0) is 18.0. The lowest BCUT2D eigenvalue weighted by molar-refractivity contribution is 0.0621. The van der Waals surface area contributed by atoms with Crippen molar-refractivity contribution in [3.8, 4) is 0 Å². The summed E-state index contributed by atoms with van der Waals surface area (Å²) in [5.41, 5.74) is 1.61. The van der Waals surface area contributed by atoms with Crippen LogP contribution in [0.4, 0.5) is 0 Å². The van der Waals surface area contributed by atoms with E-state index in [-0.39, 0.29) is 5.91 Å². The number of hydrogen-bond donors (Lipinski definition) is 0. The molecule has 0 atom stereocenters. The number of halogens is 3. The Morgan fingerprint density at radius 3 is 2.52 bits per heavy atom. The van der Waals surface area contributed by atoms with Crippen LogP contribution in [-0.2, 0) is 13.1 Å². The van der Waals surface area contributed by atoms with Crippen LogP contribution in [-0.4, -0.2) is 51.7 Å². The molecule has 1 aliphatic rings. The molecule has 2 heterocycles. The number of benzene rings is 1. The van der Waals surface area contributed by atoms with Crippen LogP contribution in [0.15, 0.2) is 28.9 Å². The van der Waals surface area contributed by atoms with Crippen LogP contribution in [0.5, 0.6) is 0 Å². The van der Waals surface area contributed by atoms with Crippen molar-refractivity contribution in [2.75, 3.05) is 26.2 Å². The number of carbonyl (C=O) groups excluding carboxylic acids is 1. The van der Waals surface area contributed by atoms with Gasteiger partial charge in [-0.15, -0.1) is 0 Å². The van der Waals surface area contributed by atoms with E-state index in [0.29, 0.717) is 28.8 Å². The molecule has 1 aliphatic heterocycles. The minimum atomic E-state index is -0.0201. The molecule has 8 heteroatoms. The van der Waals surface area contributed by atoms with E-state index in [0.717, 1.165) is 36.2 Å². The second kappa shape index (κ2) is 8.08. The van der Waals surface area contributed by atoms with Gasteiger partial charge in [0.25, 0.3) is 5.91 Å². The maximum Gasteiger partial charge on any atom is 0.275 e. The number of rotatable bonds is 4. The lowest BCUT2D eigenvalue weighted by Crippen LogP contribution is -2.48. The third kappa shape index (κ3) is 4.37. The maximum absolute atomic E-state index is 12.7. The van der Waals surface area contributed by atoms with Gasteiger partial charge in [0, 0.05) is 45.5 Å². The number of nitrogens with zero attached hydrogens (tertiary/aromatic N) is 4. The SMILES string of the molecule is CCn1cc(Br)c(C(=O)N2CCN(Cc3ccc(Cl)c(Cl)c3)CC2)n1. The lowest BCUT2D eigenvalue weighted by Gasteiger charge is -2.34. The standard InChI is InChI=1S/C17H19BrCl2N4O/c1-2-24-11-13(18)16(21-24)17(25)23-7-5-22(6-8-23)10-12-3-4-14(19)15(20)9-12/h3-4,9,11H,2,5-8,10H2,1H3. The number of aryl methyl sites for hydroxylation is 1. The van der Waals surface area contributed by atoms with Crippen LogP contribution in [0.1, 0.15) is 23.0 Å². The Morgan fingerprint density at radius 1 is 1.20 bits per heavy atom. The largest absolute Gasteiger partial charge is 0.335 e. The van der Waals surface area contributed by atoms with Gasteiger partial charge in [-0.3, -0.25) is 14.4 Å². The molecule has 0 bridgehead atoms. The van der Waals surface area contributed by atoms with Crippen molar-refractivity contribution >= 4 is 45.0 Å². The Labute approximate surface area is 165 Å². The van der Waals surface area contributed by atoms with Gasteiger partial charge >= 0.3 is 0 Å². The van der Waals surface area contributed by atoms with Crippen molar-refractivity contribution < 1.29 is 4.79 Å². The first-order valence-electron chi connectivity index (χ1n) is 8.16. The van der Waals surface area contributed by atoms with Gasteiger partial charge in [0.15, 0.2) is 5.69 Å². The number of amides is 1. The fourth-order valence-corrected chi connectivity index (χ4v) is 3.66. The topological polar surface area (TPSA) is 41.4 Å². The maximum atomic E-state index is 12.7. The fraction of sp³-hybridized carbons (Fsp3) is 0.412. The summed E-state index contributed by atoms with van der Waals surface area (Å²) < 4.78 is 2.51. The van der Waals surface area contributed by atoms with E-state index in [2.05, 4.69) is 25.9 Å². The van der Waals surface area contributed by atoms with Crippen molar-refractivity contribution in [3.05, 3.63) is 50.2 Å². The Bertz CT molecular complexity index is 772. The predicted octanol–water partition coefficient (Wildman–Crippen LogP) is 3.93. The summed E-state index contributed by atoms with van der Waals surface area (Å²) in [7, 11) is 0. The number of aromatic nitrogens is 2. The van der Waals surface area contributed by atoms with Crippen molar-refractivity contribution in [3.63, 3.8) is 0 Å². The van der Waals surface area contributed by atoms with E-state index >= 15 is 0 Å². The molecule has 0 aliphatic carbocycles. The molecule has 1 aromatic heterocycles. The average molecular weight is 446 g/mol. The molecular weight excluding hydrogens is 427 g/mol. The number of piperazine rings is 1. The van der Waals surface area contributed by atoms with Crippen LogP contribution < -0.4 is 0 Å². The Morgan fingerprint density at radius 2 is 1.92 bits per heavy atom. The van der Waals surface area contributed by atoms with Crippen LogP contribution in [0.2, 0.25) is 10.0 Å².